The van der Waals surface area contributed by atoms with Crippen LogP contribution >= 0.6 is 11.8 Å². The fraction of sp³-hybridized carbons (Fsp3) is 0.120. The number of carbonyl (C=O) groups is 1. The number of nitrogens with zero attached hydrogens (tertiary/aromatic N) is 1. The third-order valence-corrected chi connectivity index (χ3v) is 5.56. The van der Waals surface area contributed by atoms with E-state index in [1.807, 2.05) is 72.8 Å². The maximum Gasteiger partial charge on any atom is 0.264 e. The van der Waals surface area contributed by atoms with Gasteiger partial charge < -0.3 is 10.1 Å². The number of aryl methyl sites for hydroxylation is 1. The van der Waals surface area contributed by atoms with E-state index in [0.29, 0.717) is 16.7 Å². The molecule has 0 aromatic heterocycles. The van der Waals surface area contributed by atoms with Crippen molar-refractivity contribution in [3.8, 4) is 5.75 Å². The summed E-state index contributed by atoms with van der Waals surface area (Å²) in [5.41, 5.74) is 4.15. The summed E-state index contributed by atoms with van der Waals surface area (Å²) in [6.45, 7) is 2.64. The molecule has 0 bridgehead atoms. The van der Waals surface area contributed by atoms with Crippen LogP contribution in [0.25, 0.3) is 6.08 Å². The van der Waals surface area contributed by atoms with Crippen LogP contribution in [0.5, 0.6) is 5.75 Å². The Balaban J connectivity index is 1.40. The van der Waals surface area contributed by atoms with Crippen LogP contribution in [0.2, 0.25) is 0 Å². The average molecular weight is 415 g/mol. The summed E-state index contributed by atoms with van der Waals surface area (Å²) in [6.07, 6.45) is 2.86. The Labute approximate surface area is 180 Å². The second kappa shape index (κ2) is 9.46. The van der Waals surface area contributed by atoms with Gasteiger partial charge in [-0.3, -0.25) is 4.79 Å². The van der Waals surface area contributed by atoms with Gasteiger partial charge in [-0.1, -0.05) is 61.5 Å². The second-order valence-corrected chi connectivity index (χ2v) is 7.88. The molecule has 0 saturated carbocycles. The SMILES string of the molecule is CCc1ccc(N=C2NC(=O)/C(=C/c3ccc(OCc4ccccc4)cc3)S2)cc1. The molecule has 5 heteroatoms. The van der Waals surface area contributed by atoms with Gasteiger partial charge in [0.25, 0.3) is 5.91 Å². The first kappa shape index (κ1) is 20.0. The third-order valence-electron chi connectivity index (χ3n) is 4.65. The number of amidine groups is 1. The number of amides is 1. The van der Waals surface area contributed by atoms with Crippen LogP contribution < -0.4 is 10.1 Å². The lowest BCUT2D eigenvalue weighted by Crippen LogP contribution is -2.19. The van der Waals surface area contributed by atoms with Gasteiger partial charge in [-0.05, 0) is 65.2 Å². The second-order valence-electron chi connectivity index (χ2n) is 6.85. The Hall–Kier alpha value is -3.31. The van der Waals surface area contributed by atoms with Crippen LogP contribution in [0.4, 0.5) is 5.69 Å². The van der Waals surface area contributed by atoms with Crippen LogP contribution in [0, 0.1) is 0 Å². The quantitative estimate of drug-likeness (QED) is 0.525. The number of benzene rings is 3. The molecule has 4 rings (SSSR count). The van der Waals surface area contributed by atoms with E-state index in [-0.39, 0.29) is 5.91 Å². The highest BCUT2D eigenvalue weighted by atomic mass is 32.2. The molecule has 3 aromatic rings. The summed E-state index contributed by atoms with van der Waals surface area (Å²) >= 11 is 1.35. The molecule has 150 valence electrons. The summed E-state index contributed by atoms with van der Waals surface area (Å²) < 4.78 is 5.81. The van der Waals surface area contributed by atoms with Gasteiger partial charge in [0.05, 0.1) is 10.6 Å². The van der Waals surface area contributed by atoms with Crippen molar-refractivity contribution < 1.29 is 9.53 Å². The largest absolute Gasteiger partial charge is 0.489 e. The van der Waals surface area contributed by atoms with Crippen molar-refractivity contribution in [3.63, 3.8) is 0 Å². The van der Waals surface area contributed by atoms with Crippen molar-refractivity contribution in [2.75, 3.05) is 0 Å². The lowest BCUT2D eigenvalue weighted by atomic mass is 10.2. The van der Waals surface area contributed by atoms with E-state index in [9.17, 15) is 4.79 Å². The highest BCUT2D eigenvalue weighted by molar-refractivity contribution is 8.18. The minimum absolute atomic E-state index is 0.131. The van der Waals surface area contributed by atoms with Crippen molar-refractivity contribution in [2.24, 2.45) is 4.99 Å². The molecule has 1 N–H and O–H groups in total. The molecule has 30 heavy (non-hydrogen) atoms. The first-order chi connectivity index (χ1) is 14.7. The van der Waals surface area contributed by atoms with Crippen molar-refractivity contribution in [3.05, 3.63) is 100 Å². The molecule has 0 aliphatic carbocycles. The van der Waals surface area contributed by atoms with Gasteiger partial charge in [0, 0.05) is 0 Å². The fourth-order valence-corrected chi connectivity index (χ4v) is 3.80. The number of rotatable bonds is 6. The Morgan fingerprint density at radius 1 is 0.933 bits per heavy atom. The van der Waals surface area contributed by atoms with E-state index in [1.165, 1.54) is 17.3 Å². The lowest BCUT2D eigenvalue weighted by Gasteiger charge is -2.06. The summed E-state index contributed by atoms with van der Waals surface area (Å²) in [7, 11) is 0. The lowest BCUT2D eigenvalue weighted by molar-refractivity contribution is -0.115. The molecule has 1 heterocycles. The van der Waals surface area contributed by atoms with Crippen molar-refractivity contribution in [1.82, 2.24) is 5.32 Å². The molecule has 0 spiro atoms. The zero-order valence-corrected chi connectivity index (χ0v) is 17.5. The first-order valence-corrected chi connectivity index (χ1v) is 10.7. The van der Waals surface area contributed by atoms with Crippen LogP contribution in [0.1, 0.15) is 23.6 Å². The van der Waals surface area contributed by atoms with E-state index in [0.717, 1.165) is 29.0 Å². The molecule has 0 unspecified atom stereocenters. The van der Waals surface area contributed by atoms with Crippen LogP contribution in [-0.4, -0.2) is 11.1 Å². The summed E-state index contributed by atoms with van der Waals surface area (Å²) in [5.74, 6) is 0.663. The van der Waals surface area contributed by atoms with E-state index >= 15 is 0 Å². The normalized spacial score (nSPS) is 16.1. The maximum atomic E-state index is 12.3. The molecule has 0 radical (unpaired) electrons. The smallest absolute Gasteiger partial charge is 0.264 e. The highest BCUT2D eigenvalue weighted by Gasteiger charge is 2.23. The summed E-state index contributed by atoms with van der Waals surface area (Å²) in [6, 6.07) is 25.8. The molecule has 1 aliphatic rings. The van der Waals surface area contributed by atoms with Crippen molar-refractivity contribution in [2.45, 2.75) is 20.0 Å². The number of nitrogens with one attached hydrogen (secondary N) is 1. The minimum Gasteiger partial charge on any atom is -0.489 e. The highest BCUT2D eigenvalue weighted by Crippen LogP contribution is 2.28. The van der Waals surface area contributed by atoms with Gasteiger partial charge in [-0.25, -0.2) is 4.99 Å². The Kier molecular flexibility index (Phi) is 6.30. The summed E-state index contributed by atoms with van der Waals surface area (Å²) in [5, 5.41) is 3.43. The molecular weight excluding hydrogens is 392 g/mol. The third kappa shape index (κ3) is 5.19. The topological polar surface area (TPSA) is 50.7 Å². The van der Waals surface area contributed by atoms with E-state index < -0.39 is 0 Å². The molecule has 4 nitrogen and oxygen atoms in total. The molecule has 1 fully saturated rings. The number of aliphatic imine (C=N–C) groups is 1. The first-order valence-electron chi connectivity index (χ1n) is 9.85. The molecule has 1 aliphatic heterocycles. The van der Waals surface area contributed by atoms with E-state index in [1.54, 1.807) is 0 Å². The zero-order chi connectivity index (χ0) is 20.8. The van der Waals surface area contributed by atoms with Gasteiger partial charge in [-0.15, -0.1) is 0 Å². The Morgan fingerprint density at radius 2 is 1.67 bits per heavy atom. The average Bonchev–Trinajstić information content (AvgIpc) is 3.13. The van der Waals surface area contributed by atoms with E-state index in [4.69, 9.17) is 4.74 Å². The number of thioether (sulfide) groups is 1. The monoisotopic (exact) mass is 414 g/mol. The van der Waals surface area contributed by atoms with Gasteiger partial charge in [0.2, 0.25) is 0 Å². The van der Waals surface area contributed by atoms with Crippen LogP contribution in [0.3, 0.4) is 0 Å². The van der Waals surface area contributed by atoms with Crippen molar-refractivity contribution in [1.29, 1.82) is 0 Å². The standard InChI is InChI=1S/C25H22N2O2S/c1-2-18-8-12-21(13-9-18)26-25-27-24(28)23(30-25)16-19-10-14-22(15-11-19)29-17-20-6-4-3-5-7-20/h3-16H,2,17H2,1H3,(H,26,27,28)/b23-16-. The molecule has 0 atom stereocenters. The molecule has 1 amide bonds. The Morgan fingerprint density at radius 3 is 2.37 bits per heavy atom. The fourth-order valence-electron chi connectivity index (χ4n) is 2.96. The van der Waals surface area contributed by atoms with Gasteiger partial charge in [-0.2, -0.15) is 0 Å². The summed E-state index contributed by atoms with van der Waals surface area (Å²) in [4.78, 5) is 17.5. The van der Waals surface area contributed by atoms with Crippen LogP contribution in [-0.2, 0) is 17.8 Å². The van der Waals surface area contributed by atoms with Gasteiger partial charge in [0.1, 0.15) is 12.4 Å². The maximum absolute atomic E-state index is 12.3. The number of hydrogen-bond acceptors (Lipinski definition) is 4. The minimum atomic E-state index is -0.131. The number of carbonyl (C=O) groups excluding carboxylic acids is 1. The zero-order valence-electron chi connectivity index (χ0n) is 16.7. The number of hydrogen-bond donors (Lipinski definition) is 1. The van der Waals surface area contributed by atoms with Gasteiger partial charge >= 0.3 is 0 Å². The van der Waals surface area contributed by atoms with Crippen LogP contribution in [0.15, 0.2) is 88.8 Å². The predicted octanol–water partition coefficient (Wildman–Crippen LogP) is 5.72. The van der Waals surface area contributed by atoms with Crippen molar-refractivity contribution >= 4 is 34.6 Å². The molecule has 1 saturated heterocycles. The van der Waals surface area contributed by atoms with Gasteiger partial charge in [0.15, 0.2) is 5.17 Å². The van der Waals surface area contributed by atoms with E-state index in [2.05, 4.69) is 29.4 Å². The number of ether oxygens (including phenoxy) is 1. The molecular formula is C25H22N2O2S. The molecule has 3 aromatic carbocycles. The Bertz CT molecular complexity index is 1070. The predicted molar refractivity (Wildman–Crippen MR) is 124 cm³/mol.